The lowest BCUT2D eigenvalue weighted by molar-refractivity contribution is -0.123. The Labute approximate surface area is 171 Å². The number of tetrazole rings is 1. The Morgan fingerprint density at radius 1 is 1.27 bits per heavy atom. The van der Waals surface area contributed by atoms with Crippen molar-refractivity contribution in [1.29, 1.82) is 5.26 Å². The van der Waals surface area contributed by atoms with E-state index in [1.165, 1.54) is 11.0 Å². The second-order valence-corrected chi connectivity index (χ2v) is 7.08. The fourth-order valence-electron chi connectivity index (χ4n) is 2.99. The van der Waals surface area contributed by atoms with Gasteiger partial charge < -0.3 is 10.6 Å². The van der Waals surface area contributed by atoms with E-state index in [1.54, 1.807) is 42.7 Å². The van der Waals surface area contributed by atoms with Crippen LogP contribution in [-0.2, 0) is 11.2 Å². The summed E-state index contributed by atoms with van der Waals surface area (Å²) in [5.74, 6) is -0.821. The number of nitriles is 1. The van der Waals surface area contributed by atoms with Crippen molar-refractivity contribution in [2.24, 2.45) is 0 Å². The number of nitrogens with zero attached hydrogens (tertiary/aromatic N) is 6. The monoisotopic (exact) mass is 402 g/mol. The van der Waals surface area contributed by atoms with Gasteiger partial charge in [-0.1, -0.05) is 12.1 Å². The van der Waals surface area contributed by atoms with Gasteiger partial charge in [-0.15, -0.1) is 5.10 Å². The number of carbonyl (C=O) groups excluding carboxylic acids is 2. The predicted molar refractivity (Wildman–Crippen MR) is 104 cm³/mol. The van der Waals surface area contributed by atoms with Gasteiger partial charge in [0.2, 0.25) is 5.91 Å². The molecule has 10 heteroatoms. The summed E-state index contributed by atoms with van der Waals surface area (Å²) >= 11 is 0. The second kappa shape index (κ2) is 8.08. The van der Waals surface area contributed by atoms with E-state index in [4.69, 9.17) is 0 Å². The van der Waals surface area contributed by atoms with E-state index >= 15 is 0 Å². The Kier molecular flexibility index (Phi) is 5.17. The minimum atomic E-state index is -0.857. The number of carbonyl (C=O) groups is 2. The molecule has 0 bridgehead atoms. The molecule has 2 amide bonds. The molecule has 150 valence electrons. The van der Waals surface area contributed by atoms with Crippen LogP contribution < -0.4 is 10.6 Å². The summed E-state index contributed by atoms with van der Waals surface area (Å²) in [6.07, 6.45) is 6.16. The van der Waals surface area contributed by atoms with Crippen molar-refractivity contribution in [3.63, 3.8) is 0 Å². The fourth-order valence-corrected chi connectivity index (χ4v) is 2.99. The maximum Gasteiger partial charge on any atom is 0.252 e. The summed E-state index contributed by atoms with van der Waals surface area (Å²) in [7, 11) is 0. The zero-order valence-corrected chi connectivity index (χ0v) is 15.9. The smallest absolute Gasteiger partial charge is 0.252 e. The molecule has 1 atom stereocenters. The van der Waals surface area contributed by atoms with Crippen LogP contribution in [0.4, 0.5) is 0 Å². The Morgan fingerprint density at radius 2 is 2.13 bits per heavy atom. The van der Waals surface area contributed by atoms with Gasteiger partial charge in [-0.25, -0.2) is 4.68 Å². The lowest BCUT2D eigenvalue weighted by Crippen LogP contribution is -2.51. The lowest BCUT2D eigenvalue weighted by Gasteiger charge is -2.20. The molecule has 1 aliphatic rings. The zero-order valence-electron chi connectivity index (χ0n) is 15.9. The first-order valence-electron chi connectivity index (χ1n) is 9.35. The van der Waals surface area contributed by atoms with E-state index in [2.05, 4.69) is 37.2 Å². The third kappa shape index (κ3) is 4.30. The second-order valence-electron chi connectivity index (χ2n) is 7.08. The number of nitrogens with one attached hydrogen (secondary N) is 2. The first-order valence-corrected chi connectivity index (χ1v) is 9.35. The van der Waals surface area contributed by atoms with Crippen LogP contribution in [0.1, 0.15) is 28.8 Å². The summed E-state index contributed by atoms with van der Waals surface area (Å²) < 4.78 is 1.43. The molecule has 1 aromatic carbocycles. The molecule has 1 saturated carbocycles. The topological polar surface area (TPSA) is 138 Å². The van der Waals surface area contributed by atoms with Crippen LogP contribution in [0.15, 0.2) is 55.1 Å². The number of aromatic nitrogens is 5. The highest BCUT2D eigenvalue weighted by molar-refractivity contribution is 5.98. The van der Waals surface area contributed by atoms with Gasteiger partial charge >= 0.3 is 0 Å². The van der Waals surface area contributed by atoms with Crippen molar-refractivity contribution in [3.05, 3.63) is 66.2 Å². The van der Waals surface area contributed by atoms with Gasteiger partial charge in [0.05, 0.1) is 11.8 Å². The van der Waals surface area contributed by atoms with Crippen LogP contribution in [0, 0.1) is 11.3 Å². The van der Waals surface area contributed by atoms with Crippen molar-refractivity contribution >= 4 is 11.8 Å². The highest BCUT2D eigenvalue weighted by Crippen LogP contribution is 2.34. The molecule has 0 saturated heterocycles. The number of rotatable bonds is 7. The summed E-state index contributed by atoms with van der Waals surface area (Å²) in [5.41, 5.74) is 0.938. The molecule has 0 aliphatic heterocycles. The highest BCUT2D eigenvalue weighted by atomic mass is 16.2. The van der Waals surface area contributed by atoms with Crippen LogP contribution in [0.2, 0.25) is 0 Å². The number of pyridine rings is 1. The highest BCUT2D eigenvalue weighted by Gasteiger charge is 2.45. The Hall–Kier alpha value is -4.13. The van der Waals surface area contributed by atoms with Crippen molar-refractivity contribution in [1.82, 2.24) is 35.8 Å². The Balaban J connectivity index is 1.53. The number of hydrogen-bond donors (Lipinski definition) is 2. The number of amides is 2. The van der Waals surface area contributed by atoms with Gasteiger partial charge in [-0.3, -0.25) is 14.6 Å². The molecule has 2 heterocycles. The van der Waals surface area contributed by atoms with E-state index in [-0.39, 0.29) is 6.42 Å². The summed E-state index contributed by atoms with van der Waals surface area (Å²) in [4.78, 5) is 29.8. The van der Waals surface area contributed by atoms with E-state index < -0.39 is 23.4 Å². The molecule has 3 aromatic rings. The van der Waals surface area contributed by atoms with Crippen LogP contribution in [0.3, 0.4) is 0 Å². The van der Waals surface area contributed by atoms with E-state index in [0.717, 1.165) is 5.56 Å². The molecule has 0 radical (unpaired) electrons. The van der Waals surface area contributed by atoms with Gasteiger partial charge in [-0.2, -0.15) is 5.26 Å². The molecule has 30 heavy (non-hydrogen) atoms. The van der Waals surface area contributed by atoms with Crippen molar-refractivity contribution in [3.8, 4) is 11.8 Å². The van der Waals surface area contributed by atoms with Gasteiger partial charge in [-0.05, 0) is 53.1 Å². The minimum Gasteiger partial charge on any atom is -0.340 e. The molecule has 2 aromatic heterocycles. The van der Waals surface area contributed by atoms with E-state index in [0.29, 0.717) is 24.1 Å². The summed E-state index contributed by atoms with van der Waals surface area (Å²) in [6.45, 7) is 0. The number of benzene rings is 1. The maximum atomic E-state index is 12.9. The average molecular weight is 402 g/mol. The zero-order chi connectivity index (χ0) is 21.0. The Bertz CT molecular complexity index is 1090. The molecular formula is C20H18N8O2. The molecule has 0 unspecified atom stereocenters. The molecule has 1 fully saturated rings. The van der Waals surface area contributed by atoms with Crippen molar-refractivity contribution < 1.29 is 9.59 Å². The Morgan fingerprint density at radius 3 is 2.80 bits per heavy atom. The molecular weight excluding hydrogens is 384 g/mol. The van der Waals surface area contributed by atoms with Crippen molar-refractivity contribution in [2.45, 2.75) is 30.8 Å². The first kappa shape index (κ1) is 19.2. The summed E-state index contributed by atoms with van der Waals surface area (Å²) in [6, 6.07) is 11.6. The SMILES string of the molecule is N#CC1(NC(=O)[C@H](Cc2cccnc2)NC(=O)c2cccc(-n3cnnn3)c2)CC1. The predicted octanol–water partition coefficient (Wildman–Crippen LogP) is 0.571. The van der Waals surface area contributed by atoms with E-state index in [9.17, 15) is 14.9 Å². The van der Waals surface area contributed by atoms with Gasteiger partial charge in [0.25, 0.3) is 5.91 Å². The van der Waals surface area contributed by atoms with E-state index in [1.807, 2.05) is 6.07 Å². The van der Waals surface area contributed by atoms with Gasteiger partial charge in [0.1, 0.15) is 17.9 Å². The standard InChI is InChI=1S/C20H18N8O2/c21-12-20(6-7-20)25-19(30)17(9-14-3-2-8-22-11-14)24-18(29)15-4-1-5-16(10-15)28-13-23-26-27-28/h1-5,8,10-11,13,17H,6-7,9H2,(H,24,29)(H,25,30)/t17-/m0/s1. The van der Waals surface area contributed by atoms with Crippen LogP contribution in [0.25, 0.3) is 5.69 Å². The number of hydrogen-bond acceptors (Lipinski definition) is 7. The maximum absolute atomic E-state index is 12.9. The quantitative estimate of drug-likeness (QED) is 0.589. The molecule has 1 aliphatic carbocycles. The lowest BCUT2D eigenvalue weighted by atomic mass is 10.1. The minimum absolute atomic E-state index is 0.250. The van der Waals surface area contributed by atoms with Crippen LogP contribution in [0.5, 0.6) is 0 Å². The third-order valence-corrected chi connectivity index (χ3v) is 4.83. The van der Waals surface area contributed by atoms with Crippen molar-refractivity contribution in [2.75, 3.05) is 0 Å². The molecule has 10 nitrogen and oxygen atoms in total. The molecule has 4 rings (SSSR count). The van der Waals surface area contributed by atoms with Gasteiger partial charge in [0.15, 0.2) is 0 Å². The van der Waals surface area contributed by atoms with Crippen LogP contribution in [-0.4, -0.2) is 48.6 Å². The molecule has 0 spiro atoms. The normalized spacial score (nSPS) is 14.9. The van der Waals surface area contributed by atoms with Crippen LogP contribution >= 0.6 is 0 Å². The van der Waals surface area contributed by atoms with Gasteiger partial charge in [0, 0.05) is 24.4 Å². The summed E-state index contributed by atoms with van der Waals surface area (Å²) in [5, 5.41) is 25.8. The average Bonchev–Trinajstić information content (AvgIpc) is 3.33. The largest absolute Gasteiger partial charge is 0.340 e. The fraction of sp³-hybridized carbons (Fsp3) is 0.250. The third-order valence-electron chi connectivity index (χ3n) is 4.83. The first-order chi connectivity index (χ1) is 14.6. The molecule has 2 N–H and O–H groups in total.